The number of hydrogen-bond donors (Lipinski definition) is 0. The van der Waals surface area contributed by atoms with Crippen LogP contribution in [-0.4, -0.2) is 13.3 Å². The molecule has 0 saturated carbocycles. The van der Waals surface area contributed by atoms with E-state index in [4.69, 9.17) is 0 Å². The zero-order chi connectivity index (χ0) is 6.41. The van der Waals surface area contributed by atoms with Crippen molar-refractivity contribution in [1.82, 2.24) is 0 Å². The van der Waals surface area contributed by atoms with Crippen LogP contribution < -0.4 is 0 Å². The van der Waals surface area contributed by atoms with Crippen molar-refractivity contribution in [3.05, 3.63) is 9.47 Å². The highest BCUT2D eigenvalue weighted by atomic mass is 79.9. The van der Waals surface area contributed by atoms with E-state index in [0.29, 0.717) is 0 Å². The van der Waals surface area contributed by atoms with Crippen LogP contribution in [0.3, 0.4) is 0 Å². The predicted molar refractivity (Wildman–Crippen MR) is 41.4 cm³/mol. The van der Waals surface area contributed by atoms with Crippen LogP contribution in [0.25, 0.3) is 0 Å². The molecule has 0 amide bonds. The van der Waals surface area contributed by atoms with Crippen molar-refractivity contribution < 1.29 is 4.84 Å². The van der Waals surface area contributed by atoms with Gasteiger partial charge in [-0.05, 0) is 20.9 Å². The van der Waals surface area contributed by atoms with Gasteiger partial charge in [0.15, 0.2) is 0 Å². The lowest BCUT2D eigenvalue weighted by Gasteiger charge is -1.82. The van der Waals surface area contributed by atoms with Crippen LogP contribution in [0, 0.1) is 0 Å². The normalized spacial score (nSPS) is 12.6. The Kier molecular flexibility index (Phi) is 5.42. The molecule has 8 heavy (non-hydrogen) atoms. The molecule has 0 bridgehead atoms. The second kappa shape index (κ2) is 5.31. The first-order chi connectivity index (χ1) is 3.81. The molecule has 0 heterocycles. The Morgan fingerprint density at radius 1 is 1.75 bits per heavy atom. The van der Waals surface area contributed by atoms with E-state index in [-0.39, 0.29) is 0 Å². The molecule has 0 radical (unpaired) electrons. The Hall–Kier alpha value is 0.170. The van der Waals surface area contributed by atoms with Crippen molar-refractivity contribution in [2.75, 3.05) is 7.11 Å². The summed E-state index contributed by atoms with van der Waals surface area (Å²) in [4.78, 5) is 6.08. The summed E-state index contributed by atoms with van der Waals surface area (Å²) in [5.74, 6) is 0. The number of halogens is 2. The minimum atomic E-state index is 0.833. The second-order valence-corrected chi connectivity index (χ2v) is 2.28. The molecule has 0 aromatic rings. The summed E-state index contributed by atoms with van der Waals surface area (Å²) in [5.41, 5.74) is 0. The summed E-state index contributed by atoms with van der Waals surface area (Å²) in [6.45, 7) is 0. The Labute approximate surface area is 64.8 Å². The summed E-state index contributed by atoms with van der Waals surface area (Å²) >= 11 is 6.25. The first-order valence-electron chi connectivity index (χ1n) is 1.83. The second-order valence-electron chi connectivity index (χ2n) is 0.911. The van der Waals surface area contributed by atoms with Gasteiger partial charge < -0.3 is 4.84 Å². The highest BCUT2D eigenvalue weighted by Gasteiger charge is 1.78. The van der Waals surface area contributed by atoms with Gasteiger partial charge in [0.1, 0.15) is 7.11 Å². The Morgan fingerprint density at radius 3 is 2.75 bits per heavy atom. The topological polar surface area (TPSA) is 21.6 Å². The van der Waals surface area contributed by atoms with E-state index in [1.807, 2.05) is 0 Å². The summed E-state index contributed by atoms with van der Waals surface area (Å²) in [6.07, 6.45) is 1.54. The average molecular weight is 243 g/mol. The summed E-state index contributed by atoms with van der Waals surface area (Å²) in [6, 6.07) is 0. The van der Waals surface area contributed by atoms with Crippen LogP contribution in [0.15, 0.2) is 14.6 Å². The van der Waals surface area contributed by atoms with Crippen molar-refractivity contribution in [2.45, 2.75) is 0 Å². The van der Waals surface area contributed by atoms with Gasteiger partial charge in [0.2, 0.25) is 0 Å². The molecular formula is C4H5Br2NO. The summed E-state index contributed by atoms with van der Waals surface area (Å²) in [5, 5.41) is 3.47. The number of nitrogens with zero attached hydrogens (tertiary/aromatic N) is 1. The van der Waals surface area contributed by atoms with Crippen molar-refractivity contribution in [3.63, 3.8) is 0 Å². The fourth-order valence-electron chi connectivity index (χ4n) is 0.131. The Bertz CT molecular complexity index is 111. The molecule has 0 aromatic heterocycles. The molecule has 4 heteroatoms. The maximum absolute atomic E-state index is 4.39. The van der Waals surface area contributed by atoms with Crippen molar-refractivity contribution in [3.8, 4) is 0 Å². The van der Waals surface area contributed by atoms with Gasteiger partial charge >= 0.3 is 0 Å². The van der Waals surface area contributed by atoms with Crippen LogP contribution in [0.5, 0.6) is 0 Å². The van der Waals surface area contributed by atoms with Crippen LogP contribution >= 0.6 is 31.9 Å². The highest BCUT2D eigenvalue weighted by Crippen LogP contribution is 2.03. The first kappa shape index (κ1) is 8.17. The van der Waals surface area contributed by atoms with Gasteiger partial charge in [-0.2, -0.15) is 0 Å². The lowest BCUT2D eigenvalue weighted by Crippen LogP contribution is -1.72. The lowest BCUT2D eigenvalue weighted by molar-refractivity contribution is 0.215. The average Bonchev–Trinajstić information content (AvgIpc) is 1.83. The van der Waals surface area contributed by atoms with E-state index in [2.05, 4.69) is 41.9 Å². The van der Waals surface area contributed by atoms with Crippen LogP contribution in [0.2, 0.25) is 0 Å². The van der Waals surface area contributed by atoms with Gasteiger partial charge in [-0.15, -0.1) is 0 Å². The van der Waals surface area contributed by atoms with Crippen molar-refractivity contribution in [1.29, 1.82) is 0 Å². The van der Waals surface area contributed by atoms with Crippen LogP contribution in [0.4, 0.5) is 0 Å². The molecule has 0 aliphatic rings. The molecule has 0 saturated heterocycles. The number of hydrogen-bond acceptors (Lipinski definition) is 2. The van der Waals surface area contributed by atoms with E-state index in [1.165, 1.54) is 13.3 Å². The van der Waals surface area contributed by atoms with E-state index in [0.717, 1.165) is 4.48 Å². The van der Waals surface area contributed by atoms with Gasteiger partial charge in [-0.1, -0.05) is 21.1 Å². The molecule has 0 rings (SSSR count). The largest absolute Gasteiger partial charge is 0.399 e. The van der Waals surface area contributed by atoms with Gasteiger partial charge in [-0.3, -0.25) is 0 Å². The SMILES string of the molecule is CON=CC(Br)=CBr. The van der Waals surface area contributed by atoms with E-state index < -0.39 is 0 Å². The monoisotopic (exact) mass is 241 g/mol. The molecular weight excluding hydrogens is 238 g/mol. The van der Waals surface area contributed by atoms with E-state index in [9.17, 15) is 0 Å². The van der Waals surface area contributed by atoms with E-state index in [1.54, 1.807) is 4.99 Å². The number of oxime groups is 1. The van der Waals surface area contributed by atoms with Gasteiger partial charge in [0, 0.05) is 4.48 Å². The molecule has 0 fully saturated rings. The van der Waals surface area contributed by atoms with Crippen molar-refractivity contribution >= 4 is 38.1 Å². The lowest BCUT2D eigenvalue weighted by atomic mass is 10.7. The predicted octanol–water partition coefficient (Wildman–Crippen LogP) is 2.25. The minimum Gasteiger partial charge on any atom is -0.399 e. The smallest absolute Gasteiger partial charge is 0.106 e. The van der Waals surface area contributed by atoms with Crippen molar-refractivity contribution in [2.24, 2.45) is 5.16 Å². The minimum absolute atomic E-state index is 0.833. The first-order valence-corrected chi connectivity index (χ1v) is 3.54. The standard InChI is InChI=1S/C4H5Br2NO/c1-8-7-3-4(6)2-5/h2-3H,1H3. The van der Waals surface area contributed by atoms with Crippen LogP contribution in [0.1, 0.15) is 0 Å². The molecule has 0 aliphatic carbocycles. The molecule has 0 unspecified atom stereocenters. The molecule has 0 spiro atoms. The zero-order valence-electron chi connectivity index (χ0n) is 4.27. The number of allylic oxidation sites excluding steroid dienone is 1. The molecule has 0 atom stereocenters. The molecule has 0 aromatic carbocycles. The van der Waals surface area contributed by atoms with Gasteiger partial charge in [0.05, 0.1) is 6.21 Å². The third kappa shape index (κ3) is 4.33. The van der Waals surface area contributed by atoms with Gasteiger partial charge in [-0.25, -0.2) is 0 Å². The fraction of sp³-hybridized carbons (Fsp3) is 0.250. The number of rotatable bonds is 2. The summed E-state index contributed by atoms with van der Waals surface area (Å²) in [7, 11) is 1.49. The van der Waals surface area contributed by atoms with Gasteiger partial charge in [0.25, 0.3) is 0 Å². The quantitative estimate of drug-likeness (QED) is 0.538. The maximum Gasteiger partial charge on any atom is 0.106 e. The maximum atomic E-state index is 4.39. The Morgan fingerprint density at radius 2 is 2.38 bits per heavy atom. The highest BCUT2D eigenvalue weighted by molar-refractivity contribution is 9.14. The summed E-state index contributed by atoms with van der Waals surface area (Å²) < 4.78 is 0.833. The third-order valence-electron chi connectivity index (χ3n) is 0.386. The molecule has 46 valence electrons. The van der Waals surface area contributed by atoms with E-state index >= 15 is 0 Å². The third-order valence-corrected chi connectivity index (χ3v) is 1.93. The molecule has 0 aliphatic heterocycles. The molecule has 2 nitrogen and oxygen atoms in total. The zero-order valence-corrected chi connectivity index (χ0v) is 7.44. The Balaban J connectivity index is 3.53. The fourth-order valence-corrected chi connectivity index (χ4v) is 0.333. The van der Waals surface area contributed by atoms with Crippen LogP contribution in [-0.2, 0) is 4.84 Å². The molecule has 0 N–H and O–H groups in total.